The zero-order chi connectivity index (χ0) is 24.8. The van der Waals surface area contributed by atoms with Gasteiger partial charge in [0.05, 0.1) is 10.6 Å². The third-order valence-corrected chi connectivity index (χ3v) is 8.11. The summed E-state index contributed by atoms with van der Waals surface area (Å²) in [4.78, 5) is 17.3. The van der Waals surface area contributed by atoms with Crippen molar-refractivity contribution in [1.82, 2.24) is 9.97 Å². The first-order valence-electron chi connectivity index (χ1n) is 11.2. The van der Waals surface area contributed by atoms with E-state index in [0.29, 0.717) is 5.92 Å². The van der Waals surface area contributed by atoms with E-state index < -0.39 is 20.7 Å². The Labute approximate surface area is 200 Å². The van der Waals surface area contributed by atoms with E-state index in [1.54, 1.807) is 18.2 Å². The van der Waals surface area contributed by atoms with E-state index in [4.69, 9.17) is 10.8 Å². The van der Waals surface area contributed by atoms with E-state index >= 15 is 0 Å². The van der Waals surface area contributed by atoms with Crippen molar-refractivity contribution in [2.75, 3.05) is 11.9 Å². The number of aromatic nitrogens is 2. The second kappa shape index (κ2) is 10.8. The molecule has 4 N–H and O–H groups in total. The van der Waals surface area contributed by atoms with Crippen LogP contribution in [0.3, 0.4) is 0 Å². The lowest BCUT2D eigenvalue weighted by Gasteiger charge is -2.29. The van der Waals surface area contributed by atoms with Crippen LogP contribution >= 0.6 is 0 Å². The number of nitrogens with one attached hydrogen (secondary N) is 1. The number of anilines is 1. The normalized spacial score (nSPS) is 13.4. The third-order valence-electron chi connectivity index (χ3n) is 5.93. The van der Waals surface area contributed by atoms with Crippen molar-refractivity contribution in [3.63, 3.8) is 0 Å². The van der Waals surface area contributed by atoms with E-state index in [0.717, 1.165) is 18.4 Å². The molecule has 0 saturated carbocycles. The topological polar surface area (TPSA) is 135 Å². The number of carboxylic acids is 1. The Hall–Kier alpha value is -3.30. The number of hydrogen-bond acceptors (Lipinski definition) is 7. The summed E-state index contributed by atoms with van der Waals surface area (Å²) in [6.07, 6.45) is 4.77. The van der Waals surface area contributed by atoms with E-state index in [9.17, 15) is 13.2 Å². The van der Waals surface area contributed by atoms with Crippen LogP contribution in [0.4, 0.5) is 5.82 Å². The van der Waals surface area contributed by atoms with Crippen molar-refractivity contribution in [1.29, 1.82) is 0 Å². The maximum atomic E-state index is 13.8. The van der Waals surface area contributed by atoms with Gasteiger partial charge in [0, 0.05) is 18.8 Å². The molecule has 0 aliphatic rings. The molecule has 180 valence electrons. The second-order valence-electron chi connectivity index (χ2n) is 8.17. The SMILES string of the molecule is CCC(CC)c1ccc(CC(N)(c2cccc(NCC(=O)O)n2)S(=O)(=O)c2cccnc2)cc1. The molecule has 2 aromatic heterocycles. The number of rotatable bonds is 11. The number of hydrogen-bond donors (Lipinski definition) is 3. The average molecular weight is 483 g/mol. The highest BCUT2D eigenvalue weighted by Crippen LogP contribution is 2.34. The third kappa shape index (κ3) is 5.43. The van der Waals surface area contributed by atoms with Crippen LogP contribution in [0.25, 0.3) is 0 Å². The Balaban J connectivity index is 2.06. The largest absolute Gasteiger partial charge is 0.480 e. The summed E-state index contributed by atoms with van der Waals surface area (Å²) in [5.74, 6) is -0.401. The molecule has 34 heavy (non-hydrogen) atoms. The van der Waals surface area contributed by atoms with Gasteiger partial charge >= 0.3 is 5.97 Å². The van der Waals surface area contributed by atoms with Crippen LogP contribution < -0.4 is 11.1 Å². The number of nitrogens with zero attached hydrogens (tertiary/aromatic N) is 2. The van der Waals surface area contributed by atoms with Gasteiger partial charge < -0.3 is 16.2 Å². The average Bonchev–Trinajstić information content (AvgIpc) is 2.85. The van der Waals surface area contributed by atoms with Crippen LogP contribution in [-0.4, -0.2) is 36.0 Å². The zero-order valence-corrected chi connectivity index (χ0v) is 20.1. The van der Waals surface area contributed by atoms with Crippen LogP contribution in [0.15, 0.2) is 71.9 Å². The molecule has 0 bridgehead atoms. The summed E-state index contributed by atoms with van der Waals surface area (Å²) in [6.45, 7) is 3.93. The van der Waals surface area contributed by atoms with Gasteiger partial charge in [-0.05, 0) is 54.2 Å². The van der Waals surface area contributed by atoms with Gasteiger partial charge in [-0.15, -0.1) is 0 Å². The Morgan fingerprint density at radius 3 is 2.38 bits per heavy atom. The van der Waals surface area contributed by atoms with Crippen molar-refractivity contribution < 1.29 is 18.3 Å². The molecule has 1 aromatic carbocycles. The smallest absolute Gasteiger partial charge is 0.322 e. The Morgan fingerprint density at radius 2 is 1.79 bits per heavy atom. The van der Waals surface area contributed by atoms with Gasteiger partial charge in [0.2, 0.25) is 9.84 Å². The maximum Gasteiger partial charge on any atom is 0.322 e. The Kier molecular flexibility index (Phi) is 8.01. The van der Waals surface area contributed by atoms with Crippen molar-refractivity contribution >= 4 is 21.6 Å². The second-order valence-corrected chi connectivity index (χ2v) is 10.4. The van der Waals surface area contributed by atoms with Gasteiger partial charge in [-0.1, -0.05) is 44.2 Å². The number of pyridine rings is 2. The first kappa shape index (κ1) is 25.3. The lowest BCUT2D eigenvalue weighted by molar-refractivity contribution is -0.134. The highest BCUT2D eigenvalue weighted by molar-refractivity contribution is 7.92. The van der Waals surface area contributed by atoms with Crippen LogP contribution in [0.5, 0.6) is 0 Å². The fourth-order valence-corrected chi connectivity index (χ4v) is 5.57. The molecular formula is C25H30N4O4S. The summed E-state index contributed by atoms with van der Waals surface area (Å²) in [5, 5.41) is 11.6. The quantitative estimate of drug-likeness (QED) is 0.376. The van der Waals surface area contributed by atoms with E-state index in [2.05, 4.69) is 29.1 Å². The van der Waals surface area contributed by atoms with Crippen LogP contribution in [0.2, 0.25) is 0 Å². The zero-order valence-electron chi connectivity index (χ0n) is 19.3. The minimum absolute atomic E-state index is 0.0168. The van der Waals surface area contributed by atoms with Crippen molar-refractivity contribution in [2.45, 2.75) is 48.8 Å². The van der Waals surface area contributed by atoms with Crippen molar-refractivity contribution in [2.24, 2.45) is 5.73 Å². The standard InChI is InChI=1S/C25H30N4O4S/c1-3-19(4-2)20-12-10-18(11-13-20)15-25(26,34(32,33)21-7-6-14-27-16-21)22-8-5-9-23(29-22)28-17-24(30)31/h5-14,16,19H,3-4,15,17,26H2,1-2H3,(H,28,29)(H,30,31). The highest BCUT2D eigenvalue weighted by atomic mass is 32.2. The number of nitrogens with two attached hydrogens (primary N) is 1. The fraction of sp³-hybridized carbons (Fsp3) is 0.320. The van der Waals surface area contributed by atoms with Gasteiger partial charge in [-0.2, -0.15) is 0 Å². The predicted molar refractivity (Wildman–Crippen MR) is 131 cm³/mol. The number of sulfone groups is 1. The van der Waals surface area contributed by atoms with Gasteiger partial charge in [0.25, 0.3) is 0 Å². The molecule has 0 radical (unpaired) electrons. The molecule has 0 fully saturated rings. The van der Waals surface area contributed by atoms with E-state index in [-0.39, 0.29) is 29.4 Å². The van der Waals surface area contributed by atoms with Crippen molar-refractivity contribution in [3.05, 3.63) is 83.8 Å². The lowest BCUT2D eigenvalue weighted by atomic mass is 9.92. The molecular weight excluding hydrogens is 452 g/mol. The Morgan fingerprint density at radius 1 is 1.09 bits per heavy atom. The summed E-state index contributed by atoms with van der Waals surface area (Å²) in [7, 11) is -4.13. The molecule has 0 spiro atoms. The van der Waals surface area contributed by atoms with Gasteiger partial charge in [-0.3, -0.25) is 9.78 Å². The first-order chi connectivity index (χ1) is 16.2. The minimum atomic E-state index is -4.13. The van der Waals surface area contributed by atoms with E-state index in [1.165, 1.54) is 30.1 Å². The molecule has 0 aliphatic heterocycles. The summed E-state index contributed by atoms with van der Waals surface area (Å²) >= 11 is 0. The molecule has 0 amide bonds. The fourth-order valence-electron chi connectivity index (χ4n) is 3.95. The molecule has 8 nitrogen and oxygen atoms in total. The summed E-state index contributed by atoms with van der Waals surface area (Å²) in [6, 6.07) is 15.5. The lowest BCUT2D eigenvalue weighted by Crippen LogP contribution is -2.47. The molecule has 3 rings (SSSR count). The predicted octanol–water partition coefficient (Wildman–Crippen LogP) is 3.70. The van der Waals surface area contributed by atoms with E-state index in [1.807, 2.05) is 24.3 Å². The molecule has 0 saturated heterocycles. The highest BCUT2D eigenvalue weighted by Gasteiger charge is 2.44. The maximum absolute atomic E-state index is 13.8. The molecule has 0 aliphatic carbocycles. The monoisotopic (exact) mass is 482 g/mol. The number of benzene rings is 1. The van der Waals surface area contributed by atoms with Crippen molar-refractivity contribution in [3.8, 4) is 0 Å². The molecule has 1 unspecified atom stereocenters. The van der Waals surface area contributed by atoms with Gasteiger partial charge in [0.1, 0.15) is 12.4 Å². The molecule has 3 aromatic rings. The van der Waals surface area contributed by atoms with Crippen LogP contribution in [0.1, 0.15) is 49.4 Å². The van der Waals surface area contributed by atoms with Crippen LogP contribution in [-0.2, 0) is 25.9 Å². The molecule has 2 heterocycles. The summed E-state index contributed by atoms with van der Waals surface area (Å²) < 4.78 is 27.6. The summed E-state index contributed by atoms with van der Waals surface area (Å²) in [5.41, 5.74) is 8.77. The number of aliphatic carboxylic acids is 1. The number of carbonyl (C=O) groups is 1. The number of carboxylic acid groups (broad SMARTS) is 1. The van der Waals surface area contributed by atoms with Gasteiger partial charge in [0.15, 0.2) is 4.87 Å². The van der Waals surface area contributed by atoms with Gasteiger partial charge in [-0.25, -0.2) is 13.4 Å². The first-order valence-corrected chi connectivity index (χ1v) is 12.6. The minimum Gasteiger partial charge on any atom is -0.480 e. The Bertz CT molecular complexity index is 1210. The van der Waals surface area contributed by atoms with Crippen LogP contribution in [0, 0.1) is 0 Å². The molecule has 1 atom stereocenters. The molecule has 9 heteroatoms.